The van der Waals surface area contributed by atoms with Crippen LogP contribution in [0.15, 0.2) is 0 Å². The first kappa shape index (κ1) is 12.8. The van der Waals surface area contributed by atoms with Crippen molar-refractivity contribution >= 4 is 5.91 Å². The molecule has 2 aliphatic rings. The summed E-state index contributed by atoms with van der Waals surface area (Å²) in [6, 6.07) is 0.335. The van der Waals surface area contributed by atoms with Gasteiger partial charge >= 0.3 is 0 Å². The summed E-state index contributed by atoms with van der Waals surface area (Å²) in [5.74, 6) is 0.707. The van der Waals surface area contributed by atoms with Gasteiger partial charge in [0.05, 0.1) is 6.04 Å². The van der Waals surface area contributed by atoms with Crippen LogP contribution < -0.4 is 16.4 Å². The predicted octanol–water partition coefficient (Wildman–Crippen LogP) is 0.761. The summed E-state index contributed by atoms with van der Waals surface area (Å²) in [5.41, 5.74) is 6.07. The van der Waals surface area contributed by atoms with E-state index in [-0.39, 0.29) is 17.5 Å². The molecule has 0 unspecified atom stereocenters. The molecule has 17 heavy (non-hydrogen) atoms. The smallest absolute Gasteiger partial charge is 0.237 e. The van der Waals surface area contributed by atoms with Crippen LogP contribution in [0.1, 0.15) is 46.0 Å². The molecular weight excluding hydrogens is 214 g/mol. The zero-order valence-corrected chi connectivity index (χ0v) is 11.0. The molecule has 0 aromatic rings. The number of hydrogen-bond acceptors (Lipinski definition) is 3. The highest BCUT2D eigenvalue weighted by atomic mass is 16.2. The van der Waals surface area contributed by atoms with Gasteiger partial charge in [0.25, 0.3) is 0 Å². The SMILES string of the molecule is CC(C)C[C@H]1NC2(CCC(N)CC2)CNC1=O. The van der Waals surface area contributed by atoms with Crippen molar-refractivity contribution in [3.8, 4) is 0 Å². The summed E-state index contributed by atoms with van der Waals surface area (Å²) in [5, 5.41) is 6.67. The number of piperazine rings is 1. The fourth-order valence-electron chi connectivity index (χ4n) is 3.02. The second-order valence-electron chi connectivity index (χ2n) is 6.16. The van der Waals surface area contributed by atoms with Crippen LogP contribution in [0.5, 0.6) is 0 Å². The molecule has 1 saturated heterocycles. The van der Waals surface area contributed by atoms with Gasteiger partial charge in [-0.1, -0.05) is 13.8 Å². The van der Waals surface area contributed by atoms with Crippen molar-refractivity contribution in [1.82, 2.24) is 10.6 Å². The minimum atomic E-state index is -0.0157. The number of amides is 1. The number of nitrogens with two attached hydrogens (primary N) is 1. The fraction of sp³-hybridized carbons (Fsp3) is 0.923. The molecule has 4 heteroatoms. The third-order valence-corrected chi connectivity index (χ3v) is 4.09. The van der Waals surface area contributed by atoms with E-state index in [0.717, 1.165) is 38.6 Å². The van der Waals surface area contributed by atoms with Gasteiger partial charge in [-0.15, -0.1) is 0 Å². The molecule has 4 nitrogen and oxygen atoms in total. The van der Waals surface area contributed by atoms with Crippen molar-refractivity contribution in [3.05, 3.63) is 0 Å². The summed E-state index contributed by atoms with van der Waals surface area (Å²) in [7, 11) is 0. The van der Waals surface area contributed by atoms with Crippen molar-refractivity contribution in [2.24, 2.45) is 11.7 Å². The molecule has 1 heterocycles. The van der Waals surface area contributed by atoms with E-state index in [1.165, 1.54) is 0 Å². The molecule has 1 atom stereocenters. The molecule has 0 bridgehead atoms. The molecule has 1 amide bonds. The van der Waals surface area contributed by atoms with Crippen LogP contribution in [-0.2, 0) is 4.79 Å². The summed E-state index contributed by atoms with van der Waals surface area (Å²) in [6.45, 7) is 5.09. The van der Waals surface area contributed by atoms with Gasteiger partial charge in [0.2, 0.25) is 5.91 Å². The van der Waals surface area contributed by atoms with Crippen molar-refractivity contribution in [2.75, 3.05) is 6.54 Å². The average molecular weight is 239 g/mol. The quantitative estimate of drug-likeness (QED) is 0.666. The highest BCUT2D eigenvalue weighted by molar-refractivity contribution is 5.82. The average Bonchev–Trinajstić information content (AvgIpc) is 2.28. The lowest BCUT2D eigenvalue weighted by molar-refractivity contribution is -0.127. The molecule has 1 spiro atoms. The fourth-order valence-corrected chi connectivity index (χ4v) is 3.02. The summed E-state index contributed by atoms with van der Waals surface area (Å²) in [6.07, 6.45) is 5.22. The first-order chi connectivity index (χ1) is 8.01. The van der Waals surface area contributed by atoms with Crippen LogP contribution in [0.3, 0.4) is 0 Å². The predicted molar refractivity (Wildman–Crippen MR) is 68.6 cm³/mol. The highest BCUT2D eigenvalue weighted by Gasteiger charge is 2.41. The molecule has 0 aromatic heterocycles. The van der Waals surface area contributed by atoms with E-state index < -0.39 is 0 Å². The second kappa shape index (κ2) is 4.94. The first-order valence-corrected chi connectivity index (χ1v) is 6.82. The lowest BCUT2D eigenvalue weighted by Crippen LogP contribution is -2.67. The molecule has 4 N–H and O–H groups in total. The van der Waals surface area contributed by atoms with Gasteiger partial charge in [0.15, 0.2) is 0 Å². The number of rotatable bonds is 2. The number of carbonyl (C=O) groups excluding carboxylic acids is 1. The van der Waals surface area contributed by atoms with E-state index in [1.54, 1.807) is 0 Å². The number of hydrogen-bond donors (Lipinski definition) is 3. The van der Waals surface area contributed by atoms with Gasteiger partial charge in [0.1, 0.15) is 0 Å². The van der Waals surface area contributed by atoms with Crippen LogP contribution in [0.2, 0.25) is 0 Å². The maximum Gasteiger partial charge on any atom is 0.237 e. The van der Waals surface area contributed by atoms with E-state index in [0.29, 0.717) is 12.0 Å². The van der Waals surface area contributed by atoms with E-state index in [2.05, 4.69) is 24.5 Å². The third-order valence-electron chi connectivity index (χ3n) is 4.09. The van der Waals surface area contributed by atoms with Crippen molar-refractivity contribution in [2.45, 2.75) is 63.6 Å². The van der Waals surface area contributed by atoms with Gasteiger partial charge < -0.3 is 11.1 Å². The molecule has 1 aliphatic heterocycles. The Bertz CT molecular complexity index is 282. The lowest BCUT2D eigenvalue weighted by atomic mass is 9.77. The van der Waals surface area contributed by atoms with Gasteiger partial charge in [-0.05, 0) is 38.0 Å². The summed E-state index contributed by atoms with van der Waals surface area (Å²) >= 11 is 0. The van der Waals surface area contributed by atoms with Gasteiger partial charge in [-0.3, -0.25) is 10.1 Å². The molecule has 0 radical (unpaired) electrons. The molecule has 2 rings (SSSR count). The van der Waals surface area contributed by atoms with E-state index in [1.807, 2.05) is 0 Å². The Morgan fingerprint density at radius 1 is 1.41 bits per heavy atom. The zero-order valence-electron chi connectivity index (χ0n) is 11.0. The molecule has 1 aliphatic carbocycles. The van der Waals surface area contributed by atoms with Crippen molar-refractivity contribution < 1.29 is 4.79 Å². The Kier molecular flexibility index (Phi) is 3.73. The Morgan fingerprint density at radius 2 is 2.06 bits per heavy atom. The summed E-state index contributed by atoms with van der Waals surface area (Å²) < 4.78 is 0. The maximum absolute atomic E-state index is 11.8. The number of nitrogens with one attached hydrogen (secondary N) is 2. The summed E-state index contributed by atoms with van der Waals surface area (Å²) in [4.78, 5) is 11.8. The minimum absolute atomic E-state index is 0.0157. The van der Waals surface area contributed by atoms with E-state index in [9.17, 15) is 4.79 Å². The van der Waals surface area contributed by atoms with E-state index >= 15 is 0 Å². The van der Waals surface area contributed by atoms with Crippen molar-refractivity contribution in [1.29, 1.82) is 0 Å². The van der Waals surface area contributed by atoms with Crippen LogP contribution in [0.25, 0.3) is 0 Å². The van der Waals surface area contributed by atoms with Crippen LogP contribution in [0.4, 0.5) is 0 Å². The monoisotopic (exact) mass is 239 g/mol. The Morgan fingerprint density at radius 3 is 2.65 bits per heavy atom. The molecule has 98 valence electrons. The van der Waals surface area contributed by atoms with E-state index in [4.69, 9.17) is 5.73 Å². The van der Waals surface area contributed by atoms with Crippen LogP contribution >= 0.6 is 0 Å². The standard InChI is InChI=1S/C13H25N3O/c1-9(2)7-11-12(17)15-8-13(16-11)5-3-10(14)4-6-13/h9-11,16H,3-8,14H2,1-2H3,(H,15,17)/t10?,11-,13?/m1/s1. The van der Waals surface area contributed by atoms with Crippen LogP contribution in [0, 0.1) is 5.92 Å². The van der Waals surface area contributed by atoms with Gasteiger partial charge in [-0.25, -0.2) is 0 Å². The first-order valence-electron chi connectivity index (χ1n) is 6.82. The van der Waals surface area contributed by atoms with Gasteiger partial charge in [-0.2, -0.15) is 0 Å². The number of carbonyl (C=O) groups is 1. The molecule has 1 saturated carbocycles. The topological polar surface area (TPSA) is 67.2 Å². The second-order valence-corrected chi connectivity index (χ2v) is 6.16. The van der Waals surface area contributed by atoms with Crippen LogP contribution in [-0.4, -0.2) is 30.1 Å². The zero-order chi connectivity index (χ0) is 12.5. The highest BCUT2D eigenvalue weighted by Crippen LogP contribution is 2.30. The molecular formula is C13H25N3O. The normalized spacial score (nSPS) is 38.5. The molecule has 2 fully saturated rings. The minimum Gasteiger partial charge on any atom is -0.353 e. The lowest BCUT2D eigenvalue weighted by Gasteiger charge is -2.46. The van der Waals surface area contributed by atoms with Crippen molar-refractivity contribution in [3.63, 3.8) is 0 Å². The largest absolute Gasteiger partial charge is 0.353 e. The Balaban J connectivity index is 1.99. The molecule has 0 aromatic carbocycles. The Labute approximate surface area is 104 Å². The third kappa shape index (κ3) is 2.99. The van der Waals surface area contributed by atoms with Gasteiger partial charge in [0, 0.05) is 18.1 Å². The Hall–Kier alpha value is -0.610. The maximum atomic E-state index is 11.8.